The van der Waals surface area contributed by atoms with Gasteiger partial charge in [-0.25, -0.2) is 8.42 Å². The van der Waals surface area contributed by atoms with E-state index in [1.165, 1.54) is 12.1 Å². The van der Waals surface area contributed by atoms with Crippen LogP contribution in [0.2, 0.25) is 0 Å². The fourth-order valence-electron chi connectivity index (χ4n) is 3.38. The molecule has 0 radical (unpaired) electrons. The molecule has 0 aromatic heterocycles. The summed E-state index contributed by atoms with van der Waals surface area (Å²) < 4.78 is 36.0. The highest BCUT2D eigenvalue weighted by Gasteiger charge is 2.27. The first-order valence-electron chi connectivity index (χ1n) is 9.02. The van der Waals surface area contributed by atoms with Gasteiger partial charge in [0.05, 0.1) is 10.6 Å². The lowest BCUT2D eigenvalue weighted by Crippen LogP contribution is -2.45. The maximum atomic E-state index is 12.6. The van der Waals surface area contributed by atoms with Crippen LogP contribution in [0.3, 0.4) is 0 Å². The van der Waals surface area contributed by atoms with Crippen LogP contribution >= 0.6 is 0 Å². The van der Waals surface area contributed by atoms with Gasteiger partial charge in [0.15, 0.2) is 21.3 Å². The number of benzene rings is 1. The number of amides is 1. The summed E-state index contributed by atoms with van der Waals surface area (Å²) in [7, 11) is -3.57. The van der Waals surface area contributed by atoms with E-state index >= 15 is 0 Å². The molecule has 1 aromatic carbocycles. The molecule has 0 spiro atoms. The Bertz CT molecular complexity index is 763. The summed E-state index contributed by atoms with van der Waals surface area (Å²) >= 11 is 0. The molecular formula is C18H26N2O5S. The van der Waals surface area contributed by atoms with Crippen molar-refractivity contribution in [3.63, 3.8) is 0 Å². The molecule has 2 aliphatic heterocycles. The second-order valence-electron chi connectivity index (χ2n) is 6.98. The van der Waals surface area contributed by atoms with Gasteiger partial charge < -0.3 is 20.1 Å². The number of likely N-dealkylation sites (tertiary alicyclic amines) is 1. The van der Waals surface area contributed by atoms with Crippen LogP contribution in [-0.4, -0.2) is 57.3 Å². The predicted molar refractivity (Wildman–Crippen MR) is 97.1 cm³/mol. The normalized spacial score (nSPS) is 21.3. The number of ether oxygens (including phenoxy) is 2. The van der Waals surface area contributed by atoms with Gasteiger partial charge in [0.25, 0.3) is 0 Å². The molecule has 1 amide bonds. The molecule has 0 saturated carbocycles. The smallest absolute Gasteiger partial charge is 0.223 e. The van der Waals surface area contributed by atoms with Crippen molar-refractivity contribution in [1.82, 2.24) is 4.90 Å². The fourth-order valence-corrected chi connectivity index (χ4v) is 4.62. The van der Waals surface area contributed by atoms with Crippen molar-refractivity contribution in [3.05, 3.63) is 18.2 Å². The van der Waals surface area contributed by atoms with E-state index in [0.29, 0.717) is 37.8 Å². The van der Waals surface area contributed by atoms with Gasteiger partial charge in [0.2, 0.25) is 5.91 Å². The van der Waals surface area contributed by atoms with E-state index in [1.54, 1.807) is 11.0 Å². The van der Waals surface area contributed by atoms with Crippen LogP contribution in [0.15, 0.2) is 23.1 Å². The molecule has 144 valence electrons. The fraction of sp³-hybridized carbons (Fsp3) is 0.611. The zero-order valence-corrected chi connectivity index (χ0v) is 15.8. The molecule has 2 N–H and O–H groups in total. The van der Waals surface area contributed by atoms with E-state index in [2.05, 4.69) is 0 Å². The minimum atomic E-state index is -3.57. The first-order valence-corrected chi connectivity index (χ1v) is 10.7. The van der Waals surface area contributed by atoms with Crippen molar-refractivity contribution in [2.75, 3.05) is 32.1 Å². The second-order valence-corrected chi connectivity index (χ2v) is 9.08. The second kappa shape index (κ2) is 7.84. The van der Waals surface area contributed by atoms with E-state index in [-0.39, 0.29) is 34.9 Å². The van der Waals surface area contributed by atoms with E-state index in [9.17, 15) is 13.2 Å². The Balaban J connectivity index is 1.62. The van der Waals surface area contributed by atoms with Gasteiger partial charge >= 0.3 is 0 Å². The maximum absolute atomic E-state index is 12.6. The van der Waals surface area contributed by atoms with Gasteiger partial charge in [0.1, 0.15) is 13.2 Å². The van der Waals surface area contributed by atoms with Crippen molar-refractivity contribution in [1.29, 1.82) is 0 Å². The lowest BCUT2D eigenvalue weighted by atomic mass is 9.92. The van der Waals surface area contributed by atoms with Crippen LogP contribution in [0.25, 0.3) is 0 Å². The average Bonchev–Trinajstić information content (AvgIpc) is 2.65. The van der Waals surface area contributed by atoms with Crippen LogP contribution in [-0.2, 0) is 14.6 Å². The van der Waals surface area contributed by atoms with Crippen LogP contribution in [0.5, 0.6) is 11.5 Å². The molecule has 2 heterocycles. The van der Waals surface area contributed by atoms with Gasteiger partial charge in [-0.2, -0.15) is 0 Å². The van der Waals surface area contributed by atoms with Crippen molar-refractivity contribution in [2.45, 2.75) is 37.1 Å². The number of hydrogen-bond acceptors (Lipinski definition) is 6. The van der Waals surface area contributed by atoms with Crippen LogP contribution in [0, 0.1) is 5.92 Å². The zero-order valence-electron chi connectivity index (χ0n) is 15.0. The van der Waals surface area contributed by atoms with Crippen molar-refractivity contribution >= 4 is 15.7 Å². The number of carbonyl (C=O) groups is 1. The third-order valence-electron chi connectivity index (χ3n) is 5.01. The molecule has 1 aromatic rings. The Labute approximate surface area is 154 Å². The molecule has 7 nitrogen and oxygen atoms in total. The SMILES string of the molecule is CC(N)C1CCCN(C(=O)CCS(=O)(=O)c2ccc3c(c2)OCCO3)C1. The number of nitrogens with two attached hydrogens (primary N) is 1. The molecule has 1 saturated heterocycles. The predicted octanol–water partition coefficient (Wildman–Crippen LogP) is 1.21. The Kier molecular flexibility index (Phi) is 5.72. The Morgan fingerprint density at radius 2 is 2.04 bits per heavy atom. The zero-order chi connectivity index (χ0) is 18.7. The highest BCUT2D eigenvalue weighted by atomic mass is 32.2. The van der Waals surface area contributed by atoms with Crippen LogP contribution < -0.4 is 15.2 Å². The largest absolute Gasteiger partial charge is 0.486 e. The number of sulfone groups is 1. The summed E-state index contributed by atoms with van der Waals surface area (Å²) in [5, 5.41) is 0. The molecule has 1 fully saturated rings. The van der Waals surface area contributed by atoms with E-state index in [4.69, 9.17) is 15.2 Å². The molecule has 26 heavy (non-hydrogen) atoms. The summed E-state index contributed by atoms with van der Waals surface area (Å²) in [5.41, 5.74) is 5.95. The molecule has 0 bridgehead atoms. The van der Waals surface area contributed by atoms with Crippen molar-refractivity contribution in [2.24, 2.45) is 11.7 Å². The van der Waals surface area contributed by atoms with Crippen LogP contribution in [0.4, 0.5) is 0 Å². The molecule has 2 aliphatic rings. The quantitative estimate of drug-likeness (QED) is 0.822. The summed E-state index contributed by atoms with van der Waals surface area (Å²) in [4.78, 5) is 14.4. The first kappa shape index (κ1) is 19.0. The monoisotopic (exact) mass is 382 g/mol. The van der Waals surface area contributed by atoms with Gasteiger partial charge in [-0.05, 0) is 37.8 Å². The molecule has 3 rings (SSSR count). The van der Waals surface area contributed by atoms with Crippen LogP contribution in [0.1, 0.15) is 26.2 Å². The molecule has 2 atom stereocenters. The van der Waals surface area contributed by atoms with Gasteiger partial charge in [-0.1, -0.05) is 0 Å². The lowest BCUT2D eigenvalue weighted by Gasteiger charge is -2.34. The third-order valence-corrected chi connectivity index (χ3v) is 6.73. The Morgan fingerprint density at radius 1 is 1.31 bits per heavy atom. The topological polar surface area (TPSA) is 98.9 Å². The van der Waals surface area contributed by atoms with E-state index in [1.807, 2.05) is 6.92 Å². The summed E-state index contributed by atoms with van der Waals surface area (Å²) in [5.74, 6) is 0.907. The first-order chi connectivity index (χ1) is 12.4. The number of hydrogen-bond donors (Lipinski definition) is 1. The van der Waals surface area contributed by atoms with Gasteiger partial charge in [-0.3, -0.25) is 4.79 Å². The minimum Gasteiger partial charge on any atom is -0.486 e. The maximum Gasteiger partial charge on any atom is 0.223 e. The van der Waals surface area contributed by atoms with E-state index in [0.717, 1.165) is 12.8 Å². The Morgan fingerprint density at radius 3 is 2.77 bits per heavy atom. The van der Waals surface area contributed by atoms with Crippen molar-refractivity contribution < 1.29 is 22.7 Å². The number of fused-ring (bicyclic) bond motifs is 1. The third kappa shape index (κ3) is 4.29. The summed E-state index contributed by atoms with van der Waals surface area (Å²) in [6.07, 6.45) is 1.90. The molecule has 2 unspecified atom stereocenters. The lowest BCUT2D eigenvalue weighted by molar-refractivity contribution is -0.132. The highest BCUT2D eigenvalue weighted by Crippen LogP contribution is 2.32. The van der Waals surface area contributed by atoms with Gasteiger partial charge in [0, 0.05) is 31.6 Å². The number of piperidine rings is 1. The number of rotatable bonds is 5. The highest BCUT2D eigenvalue weighted by molar-refractivity contribution is 7.91. The molecule has 0 aliphatic carbocycles. The number of carbonyl (C=O) groups excluding carboxylic acids is 1. The minimum absolute atomic E-state index is 0.0253. The summed E-state index contributed by atoms with van der Waals surface area (Å²) in [6.45, 7) is 4.08. The van der Waals surface area contributed by atoms with Gasteiger partial charge in [-0.15, -0.1) is 0 Å². The molecule has 8 heteroatoms. The molecular weight excluding hydrogens is 356 g/mol. The summed E-state index contributed by atoms with van der Waals surface area (Å²) in [6, 6.07) is 4.61. The van der Waals surface area contributed by atoms with E-state index < -0.39 is 9.84 Å². The Hall–Kier alpha value is -1.80. The number of nitrogens with zero attached hydrogens (tertiary/aromatic N) is 1. The average molecular weight is 382 g/mol. The standard InChI is InChI=1S/C18H26N2O5S/c1-13(19)14-3-2-7-20(12-14)18(21)6-10-26(22,23)15-4-5-16-17(11-15)25-9-8-24-16/h4-5,11,13-14H,2-3,6-10,12,19H2,1H3. The van der Waals surface area contributed by atoms with Crippen molar-refractivity contribution in [3.8, 4) is 11.5 Å².